The monoisotopic (exact) mass is 172 g/mol. The minimum Gasteiger partial charge on any atom is -0.480 e. The van der Waals surface area contributed by atoms with E-state index in [0.29, 0.717) is 6.54 Å². The summed E-state index contributed by atoms with van der Waals surface area (Å²) in [5.74, 6) is -1.26. The van der Waals surface area contributed by atoms with E-state index in [2.05, 4.69) is 5.32 Å². The topological polar surface area (TPSA) is 92.4 Å². The number of aliphatic carboxylic acids is 1. The highest BCUT2D eigenvalue weighted by atomic mass is 16.4. The van der Waals surface area contributed by atoms with Gasteiger partial charge >= 0.3 is 5.97 Å². The average Bonchev–Trinajstić information content (AvgIpc) is 2.80. The van der Waals surface area contributed by atoms with Gasteiger partial charge in [-0.25, -0.2) is 0 Å². The Labute approximate surface area is 69.9 Å². The molecule has 0 aromatic carbocycles. The van der Waals surface area contributed by atoms with Crippen LogP contribution in [-0.4, -0.2) is 30.1 Å². The molecular weight excluding hydrogens is 160 g/mol. The van der Waals surface area contributed by atoms with Crippen molar-refractivity contribution in [2.75, 3.05) is 13.1 Å². The van der Waals surface area contributed by atoms with Crippen LogP contribution in [0.4, 0.5) is 0 Å². The first kappa shape index (κ1) is 8.99. The molecule has 68 valence electrons. The van der Waals surface area contributed by atoms with Crippen molar-refractivity contribution >= 4 is 11.9 Å². The number of nitrogens with one attached hydrogen (secondary N) is 1. The molecule has 1 amide bonds. The van der Waals surface area contributed by atoms with Gasteiger partial charge in [-0.15, -0.1) is 0 Å². The van der Waals surface area contributed by atoms with Gasteiger partial charge in [-0.2, -0.15) is 0 Å². The molecule has 4 N–H and O–H groups in total. The molecule has 1 fully saturated rings. The standard InChI is InChI=1S/C7H12N2O3/c8-4-7(1-2-7)6(12)9-3-5(10)11/h1-4,8H2,(H,9,12)(H,10,11). The van der Waals surface area contributed by atoms with Crippen LogP contribution in [0.15, 0.2) is 0 Å². The van der Waals surface area contributed by atoms with Gasteiger partial charge in [0.05, 0.1) is 5.41 Å². The second-order valence-electron chi connectivity index (χ2n) is 3.06. The number of nitrogens with two attached hydrogens (primary N) is 1. The zero-order valence-corrected chi connectivity index (χ0v) is 6.67. The van der Waals surface area contributed by atoms with Gasteiger partial charge in [-0.3, -0.25) is 9.59 Å². The molecule has 5 nitrogen and oxygen atoms in total. The third-order valence-corrected chi connectivity index (χ3v) is 2.13. The van der Waals surface area contributed by atoms with Gasteiger partial charge in [-0.1, -0.05) is 0 Å². The molecule has 1 aliphatic rings. The second kappa shape index (κ2) is 3.10. The fourth-order valence-corrected chi connectivity index (χ4v) is 1.02. The number of carbonyl (C=O) groups excluding carboxylic acids is 1. The van der Waals surface area contributed by atoms with Gasteiger partial charge in [0.15, 0.2) is 0 Å². The summed E-state index contributed by atoms with van der Waals surface area (Å²) >= 11 is 0. The lowest BCUT2D eigenvalue weighted by Crippen LogP contribution is -2.39. The number of carboxylic acid groups (broad SMARTS) is 1. The van der Waals surface area contributed by atoms with Crippen molar-refractivity contribution in [3.63, 3.8) is 0 Å². The molecule has 1 saturated carbocycles. The minimum absolute atomic E-state index is 0.229. The number of rotatable bonds is 4. The summed E-state index contributed by atoms with van der Waals surface area (Å²) in [6.07, 6.45) is 1.55. The van der Waals surface area contributed by atoms with E-state index in [4.69, 9.17) is 10.8 Å². The summed E-state index contributed by atoms with van der Waals surface area (Å²) in [4.78, 5) is 21.3. The molecule has 0 aliphatic heterocycles. The lowest BCUT2D eigenvalue weighted by Gasteiger charge is -2.10. The van der Waals surface area contributed by atoms with Crippen molar-refractivity contribution in [2.45, 2.75) is 12.8 Å². The van der Waals surface area contributed by atoms with Crippen LogP contribution in [0.3, 0.4) is 0 Å². The molecule has 1 aliphatic carbocycles. The van der Waals surface area contributed by atoms with E-state index >= 15 is 0 Å². The van der Waals surface area contributed by atoms with Gasteiger partial charge in [0.25, 0.3) is 0 Å². The zero-order valence-electron chi connectivity index (χ0n) is 6.67. The summed E-state index contributed by atoms with van der Waals surface area (Å²) in [5.41, 5.74) is 4.92. The predicted molar refractivity (Wildman–Crippen MR) is 41.4 cm³/mol. The van der Waals surface area contributed by atoms with Crippen LogP contribution in [0.2, 0.25) is 0 Å². The van der Waals surface area contributed by atoms with E-state index in [1.54, 1.807) is 0 Å². The summed E-state index contributed by atoms with van der Waals surface area (Å²) in [6, 6.07) is 0. The third-order valence-electron chi connectivity index (χ3n) is 2.13. The quantitative estimate of drug-likeness (QED) is 0.503. The van der Waals surface area contributed by atoms with E-state index in [1.165, 1.54) is 0 Å². The summed E-state index contributed by atoms with van der Waals surface area (Å²) in [5, 5.41) is 10.6. The molecule has 0 atom stereocenters. The maximum absolute atomic E-state index is 11.2. The molecule has 0 heterocycles. The summed E-state index contributed by atoms with van der Waals surface area (Å²) < 4.78 is 0. The van der Waals surface area contributed by atoms with Crippen molar-refractivity contribution in [2.24, 2.45) is 11.1 Å². The summed E-state index contributed by atoms with van der Waals surface area (Å²) in [6.45, 7) is -0.0148. The Morgan fingerprint density at radius 3 is 2.42 bits per heavy atom. The van der Waals surface area contributed by atoms with Crippen LogP contribution >= 0.6 is 0 Å². The van der Waals surface area contributed by atoms with E-state index in [0.717, 1.165) is 12.8 Å². The van der Waals surface area contributed by atoms with Crippen LogP contribution in [0.1, 0.15) is 12.8 Å². The molecule has 0 bridgehead atoms. The van der Waals surface area contributed by atoms with Crippen LogP contribution < -0.4 is 11.1 Å². The Kier molecular flexibility index (Phi) is 2.32. The average molecular weight is 172 g/mol. The van der Waals surface area contributed by atoms with Crippen molar-refractivity contribution in [3.05, 3.63) is 0 Å². The minimum atomic E-state index is -1.03. The zero-order chi connectivity index (χ0) is 9.19. The maximum Gasteiger partial charge on any atom is 0.322 e. The highest BCUT2D eigenvalue weighted by molar-refractivity contribution is 5.88. The Balaban J connectivity index is 2.33. The van der Waals surface area contributed by atoms with Crippen molar-refractivity contribution in [1.29, 1.82) is 0 Å². The number of amides is 1. The Morgan fingerprint density at radius 2 is 2.08 bits per heavy atom. The molecule has 1 rings (SSSR count). The molecule has 12 heavy (non-hydrogen) atoms. The van der Waals surface area contributed by atoms with Gasteiger partial charge in [0, 0.05) is 6.54 Å². The Bertz CT molecular complexity index is 211. The summed E-state index contributed by atoms with van der Waals surface area (Å²) in [7, 11) is 0. The Hall–Kier alpha value is -1.10. The van der Waals surface area contributed by atoms with Gasteiger partial charge in [0.2, 0.25) is 5.91 Å². The van der Waals surface area contributed by atoms with E-state index < -0.39 is 11.4 Å². The molecule has 0 aromatic rings. The number of hydrogen-bond acceptors (Lipinski definition) is 3. The van der Waals surface area contributed by atoms with Crippen molar-refractivity contribution in [3.8, 4) is 0 Å². The number of carbonyl (C=O) groups is 2. The van der Waals surface area contributed by atoms with Crippen LogP contribution in [0, 0.1) is 5.41 Å². The van der Waals surface area contributed by atoms with E-state index in [1.807, 2.05) is 0 Å². The smallest absolute Gasteiger partial charge is 0.322 e. The first-order chi connectivity index (χ1) is 5.60. The molecule has 5 heteroatoms. The molecule has 0 saturated heterocycles. The molecular formula is C7H12N2O3. The predicted octanol–water partition coefficient (Wildman–Crippen LogP) is -1.07. The fourth-order valence-electron chi connectivity index (χ4n) is 1.02. The van der Waals surface area contributed by atoms with Gasteiger partial charge in [0.1, 0.15) is 6.54 Å². The SMILES string of the molecule is NCC1(C(=O)NCC(=O)O)CC1. The molecule has 0 radical (unpaired) electrons. The lowest BCUT2D eigenvalue weighted by atomic mass is 10.1. The van der Waals surface area contributed by atoms with Crippen molar-refractivity contribution < 1.29 is 14.7 Å². The lowest BCUT2D eigenvalue weighted by molar-refractivity contribution is -0.138. The van der Waals surface area contributed by atoms with E-state index in [9.17, 15) is 9.59 Å². The largest absolute Gasteiger partial charge is 0.480 e. The first-order valence-corrected chi connectivity index (χ1v) is 3.81. The molecule has 0 aromatic heterocycles. The highest BCUT2D eigenvalue weighted by Crippen LogP contribution is 2.44. The van der Waals surface area contributed by atoms with Crippen LogP contribution in [0.25, 0.3) is 0 Å². The van der Waals surface area contributed by atoms with Crippen LogP contribution in [-0.2, 0) is 9.59 Å². The molecule has 0 spiro atoms. The van der Waals surface area contributed by atoms with Gasteiger partial charge < -0.3 is 16.2 Å². The Morgan fingerprint density at radius 1 is 1.50 bits per heavy atom. The highest BCUT2D eigenvalue weighted by Gasteiger charge is 2.48. The number of carboxylic acids is 1. The fraction of sp³-hybridized carbons (Fsp3) is 0.714. The normalized spacial score (nSPS) is 18.4. The third kappa shape index (κ3) is 1.73. The molecule has 0 unspecified atom stereocenters. The first-order valence-electron chi connectivity index (χ1n) is 3.81. The maximum atomic E-state index is 11.2. The van der Waals surface area contributed by atoms with E-state index in [-0.39, 0.29) is 12.5 Å². The number of hydrogen-bond donors (Lipinski definition) is 3. The second-order valence-corrected chi connectivity index (χ2v) is 3.06. The van der Waals surface area contributed by atoms with Gasteiger partial charge in [-0.05, 0) is 12.8 Å². The van der Waals surface area contributed by atoms with Crippen LogP contribution in [0.5, 0.6) is 0 Å². The van der Waals surface area contributed by atoms with Crippen molar-refractivity contribution in [1.82, 2.24) is 5.32 Å².